The quantitative estimate of drug-likeness (QED) is 0.601. The zero-order valence-corrected chi connectivity index (χ0v) is 9.58. The fraction of sp³-hybridized carbons (Fsp3) is 0.333. The molecule has 0 amide bonds. The average molecular weight is 232 g/mol. The van der Waals surface area contributed by atoms with Gasteiger partial charge in [-0.05, 0) is 25.0 Å². The molecule has 0 aliphatic heterocycles. The number of nitrogens with two attached hydrogens (primary N) is 1. The second-order valence-corrected chi connectivity index (χ2v) is 3.92. The molecule has 0 aliphatic rings. The summed E-state index contributed by atoms with van der Waals surface area (Å²) in [5, 5.41) is 16.8. The summed E-state index contributed by atoms with van der Waals surface area (Å²) in [6.07, 6.45) is 3.60. The molecule has 0 fully saturated rings. The number of anilines is 1. The van der Waals surface area contributed by atoms with Gasteiger partial charge in [-0.1, -0.05) is 17.3 Å². The molecule has 0 saturated heterocycles. The largest absolute Gasteiger partial charge is 0.399 e. The lowest BCUT2D eigenvalue weighted by Crippen LogP contribution is -1.99. The SMILES string of the molecule is Nc1ccc(-c2cn(CCCCO)nn2)cc1. The lowest BCUT2D eigenvalue weighted by molar-refractivity contribution is 0.280. The van der Waals surface area contributed by atoms with Crippen LogP contribution < -0.4 is 5.73 Å². The highest BCUT2D eigenvalue weighted by Gasteiger charge is 2.03. The Morgan fingerprint density at radius 1 is 1.18 bits per heavy atom. The second kappa shape index (κ2) is 5.45. The van der Waals surface area contributed by atoms with Crippen molar-refractivity contribution in [2.75, 3.05) is 12.3 Å². The zero-order valence-electron chi connectivity index (χ0n) is 9.58. The van der Waals surface area contributed by atoms with E-state index in [0.29, 0.717) is 0 Å². The van der Waals surface area contributed by atoms with Gasteiger partial charge in [0.2, 0.25) is 0 Å². The minimum Gasteiger partial charge on any atom is -0.399 e. The van der Waals surface area contributed by atoms with Crippen LogP contribution in [0.2, 0.25) is 0 Å². The molecular formula is C12H16N4O. The Morgan fingerprint density at radius 3 is 2.65 bits per heavy atom. The number of rotatable bonds is 5. The average Bonchev–Trinajstić information content (AvgIpc) is 2.79. The third-order valence-electron chi connectivity index (χ3n) is 2.54. The van der Waals surface area contributed by atoms with Crippen LogP contribution in [-0.2, 0) is 6.54 Å². The molecule has 0 bridgehead atoms. The van der Waals surface area contributed by atoms with Gasteiger partial charge in [-0.25, -0.2) is 0 Å². The van der Waals surface area contributed by atoms with Gasteiger partial charge in [-0.15, -0.1) is 5.10 Å². The van der Waals surface area contributed by atoms with Crippen molar-refractivity contribution >= 4 is 5.69 Å². The minimum atomic E-state index is 0.222. The first kappa shape index (κ1) is 11.6. The molecule has 0 aliphatic carbocycles. The molecule has 90 valence electrons. The molecule has 5 nitrogen and oxygen atoms in total. The molecule has 0 unspecified atom stereocenters. The Bertz CT molecular complexity index is 464. The van der Waals surface area contributed by atoms with Crippen LogP contribution in [0.4, 0.5) is 5.69 Å². The van der Waals surface area contributed by atoms with Gasteiger partial charge in [0.05, 0.1) is 6.20 Å². The second-order valence-electron chi connectivity index (χ2n) is 3.92. The van der Waals surface area contributed by atoms with Crippen molar-refractivity contribution in [1.29, 1.82) is 0 Å². The molecule has 0 spiro atoms. The van der Waals surface area contributed by atoms with Crippen LogP contribution in [0.15, 0.2) is 30.5 Å². The van der Waals surface area contributed by atoms with E-state index in [1.807, 2.05) is 30.5 Å². The standard InChI is InChI=1S/C12H16N4O/c13-11-5-3-10(4-6-11)12-9-16(15-14-12)7-1-2-8-17/h3-6,9,17H,1-2,7-8,13H2. The van der Waals surface area contributed by atoms with E-state index in [2.05, 4.69) is 10.3 Å². The first-order valence-corrected chi connectivity index (χ1v) is 5.66. The van der Waals surface area contributed by atoms with E-state index in [4.69, 9.17) is 10.8 Å². The van der Waals surface area contributed by atoms with Crippen molar-refractivity contribution in [2.24, 2.45) is 0 Å². The molecule has 2 rings (SSSR count). The molecular weight excluding hydrogens is 216 g/mol. The highest BCUT2D eigenvalue weighted by atomic mass is 16.2. The van der Waals surface area contributed by atoms with Gasteiger partial charge < -0.3 is 10.8 Å². The first-order valence-electron chi connectivity index (χ1n) is 5.66. The van der Waals surface area contributed by atoms with Crippen LogP contribution in [0.1, 0.15) is 12.8 Å². The summed E-state index contributed by atoms with van der Waals surface area (Å²) in [4.78, 5) is 0. The van der Waals surface area contributed by atoms with Crippen molar-refractivity contribution < 1.29 is 5.11 Å². The topological polar surface area (TPSA) is 77.0 Å². The number of aliphatic hydroxyl groups is 1. The number of benzene rings is 1. The summed E-state index contributed by atoms with van der Waals surface area (Å²) < 4.78 is 1.79. The lowest BCUT2D eigenvalue weighted by atomic mass is 10.1. The summed E-state index contributed by atoms with van der Waals surface area (Å²) in [7, 11) is 0. The zero-order chi connectivity index (χ0) is 12.1. The van der Waals surface area contributed by atoms with Gasteiger partial charge in [-0.3, -0.25) is 4.68 Å². The summed E-state index contributed by atoms with van der Waals surface area (Å²) in [6, 6.07) is 7.55. The molecule has 0 radical (unpaired) electrons. The smallest absolute Gasteiger partial charge is 0.113 e. The Labute approximate surface area is 99.9 Å². The molecule has 5 heteroatoms. The van der Waals surface area contributed by atoms with E-state index in [1.54, 1.807) is 4.68 Å². The van der Waals surface area contributed by atoms with Crippen LogP contribution in [0.25, 0.3) is 11.3 Å². The van der Waals surface area contributed by atoms with E-state index in [0.717, 1.165) is 36.3 Å². The van der Waals surface area contributed by atoms with Crippen molar-refractivity contribution in [1.82, 2.24) is 15.0 Å². The maximum Gasteiger partial charge on any atom is 0.113 e. The molecule has 0 atom stereocenters. The normalized spacial score (nSPS) is 10.6. The predicted octanol–water partition coefficient (Wildman–Crippen LogP) is 1.30. The first-order chi connectivity index (χ1) is 8.29. The molecule has 1 aromatic carbocycles. The fourth-order valence-electron chi connectivity index (χ4n) is 1.58. The summed E-state index contributed by atoms with van der Waals surface area (Å²) >= 11 is 0. The summed E-state index contributed by atoms with van der Waals surface area (Å²) in [5.74, 6) is 0. The molecule has 3 N–H and O–H groups in total. The lowest BCUT2D eigenvalue weighted by Gasteiger charge is -1.98. The van der Waals surface area contributed by atoms with Gasteiger partial charge >= 0.3 is 0 Å². The molecule has 0 saturated carbocycles. The van der Waals surface area contributed by atoms with E-state index >= 15 is 0 Å². The number of hydrogen-bond acceptors (Lipinski definition) is 4. The van der Waals surface area contributed by atoms with Gasteiger partial charge in [-0.2, -0.15) is 0 Å². The van der Waals surface area contributed by atoms with Gasteiger partial charge in [0, 0.05) is 24.4 Å². The van der Waals surface area contributed by atoms with E-state index < -0.39 is 0 Å². The number of aliphatic hydroxyl groups excluding tert-OH is 1. The maximum atomic E-state index is 8.70. The predicted molar refractivity (Wildman–Crippen MR) is 66.2 cm³/mol. The molecule has 1 aromatic heterocycles. The number of aromatic nitrogens is 3. The minimum absolute atomic E-state index is 0.222. The van der Waals surface area contributed by atoms with Crippen LogP contribution in [0, 0.1) is 0 Å². The van der Waals surface area contributed by atoms with Crippen molar-refractivity contribution in [3.63, 3.8) is 0 Å². The van der Waals surface area contributed by atoms with Crippen molar-refractivity contribution in [2.45, 2.75) is 19.4 Å². The number of unbranched alkanes of at least 4 members (excludes halogenated alkanes) is 1. The summed E-state index contributed by atoms with van der Waals surface area (Å²) in [5.41, 5.74) is 8.21. The molecule has 17 heavy (non-hydrogen) atoms. The number of nitrogen functional groups attached to an aromatic ring is 1. The number of nitrogens with zero attached hydrogens (tertiary/aromatic N) is 3. The Balaban J connectivity index is 2.04. The van der Waals surface area contributed by atoms with E-state index in [1.165, 1.54) is 0 Å². The van der Waals surface area contributed by atoms with Gasteiger partial charge in [0.1, 0.15) is 5.69 Å². The van der Waals surface area contributed by atoms with Crippen molar-refractivity contribution in [3.8, 4) is 11.3 Å². The Hall–Kier alpha value is -1.88. The van der Waals surface area contributed by atoms with Crippen molar-refractivity contribution in [3.05, 3.63) is 30.5 Å². The van der Waals surface area contributed by atoms with Crippen LogP contribution in [0.3, 0.4) is 0 Å². The van der Waals surface area contributed by atoms with Crippen LogP contribution >= 0.6 is 0 Å². The van der Waals surface area contributed by atoms with E-state index in [9.17, 15) is 0 Å². The number of aryl methyl sites for hydroxylation is 1. The molecule has 2 aromatic rings. The van der Waals surface area contributed by atoms with Crippen LogP contribution in [-0.4, -0.2) is 26.7 Å². The van der Waals surface area contributed by atoms with E-state index in [-0.39, 0.29) is 6.61 Å². The highest BCUT2D eigenvalue weighted by Crippen LogP contribution is 2.17. The Morgan fingerprint density at radius 2 is 1.94 bits per heavy atom. The number of hydrogen-bond donors (Lipinski definition) is 2. The highest BCUT2D eigenvalue weighted by molar-refractivity contribution is 5.60. The van der Waals surface area contributed by atoms with Gasteiger partial charge in [0.15, 0.2) is 0 Å². The van der Waals surface area contributed by atoms with Crippen LogP contribution in [0.5, 0.6) is 0 Å². The maximum absolute atomic E-state index is 8.70. The monoisotopic (exact) mass is 232 g/mol. The Kier molecular flexibility index (Phi) is 3.72. The van der Waals surface area contributed by atoms with Gasteiger partial charge in [0.25, 0.3) is 0 Å². The third kappa shape index (κ3) is 3.04. The molecule has 1 heterocycles. The summed E-state index contributed by atoms with van der Waals surface area (Å²) in [6.45, 7) is 1.00. The third-order valence-corrected chi connectivity index (χ3v) is 2.54. The fourth-order valence-corrected chi connectivity index (χ4v) is 1.58.